The second-order valence-electron chi connectivity index (χ2n) is 1.28. The van der Waals surface area contributed by atoms with Crippen LogP contribution in [-0.2, 0) is 0 Å². The largest absolute Gasteiger partial charge is 0.378 e. The van der Waals surface area contributed by atoms with Crippen molar-refractivity contribution in [1.82, 2.24) is 0 Å². The number of hydrogen-bond donors (Lipinski definition) is 1. The van der Waals surface area contributed by atoms with Gasteiger partial charge in [0, 0.05) is 0 Å². The third kappa shape index (κ3) is 4.73. The third-order valence-corrected chi connectivity index (χ3v) is 1.37. The van der Waals surface area contributed by atoms with Crippen molar-refractivity contribution >= 4 is 27.5 Å². The van der Waals surface area contributed by atoms with Crippen LogP contribution in [0.3, 0.4) is 0 Å². The van der Waals surface area contributed by atoms with Gasteiger partial charge in [-0.15, -0.1) is 11.6 Å². The van der Waals surface area contributed by atoms with Crippen molar-refractivity contribution in [1.29, 1.82) is 0 Å². The molecule has 0 aromatic heterocycles. The first-order valence-electron chi connectivity index (χ1n) is 1.53. The number of rotatable bonds is 1. The minimum Gasteiger partial charge on any atom is -0.378 e. The van der Waals surface area contributed by atoms with Crippen LogP contribution in [-0.4, -0.2) is 15.5 Å². The van der Waals surface area contributed by atoms with Crippen molar-refractivity contribution in [3.8, 4) is 0 Å². The van der Waals surface area contributed by atoms with E-state index in [4.69, 9.17) is 16.7 Å². The summed E-state index contributed by atoms with van der Waals surface area (Å²) >= 11 is 8.08. The van der Waals surface area contributed by atoms with E-state index in [0.29, 0.717) is 0 Å². The molecule has 0 heterocycles. The molecule has 0 amide bonds. The highest BCUT2D eigenvalue weighted by atomic mass is 79.9. The lowest BCUT2D eigenvalue weighted by Crippen LogP contribution is -2.14. The minimum absolute atomic E-state index is 0.215. The van der Waals surface area contributed by atoms with E-state index in [0.717, 1.165) is 0 Å². The standard InChI is InChI=1S/C3H6BrClO/c1-3(4,6)2-5/h6H,2H2,1H3. The van der Waals surface area contributed by atoms with E-state index in [1.807, 2.05) is 0 Å². The van der Waals surface area contributed by atoms with Gasteiger partial charge in [-0.25, -0.2) is 0 Å². The van der Waals surface area contributed by atoms with Gasteiger partial charge < -0.3 is 5.11 Å². The highest BCUT2D eigenvalue weighted by molar-refractivity contribution is 9.10. The summed E-state index contributed by atoms with van der Waals surface area (Å²) in [5.41, 5.74) is 0. The number of hydrogen-bond acceptors (Lipinski definition) is 1. The smallest absolute Gasteiger partial charge is 0.130 e. The average Bonchev–Trinajstić information content (AvgIpc) is 1.35. The summed E-state index contributed by atoms with van der Waals surface area (Å²) in [6.07, 6.45) is 0. The minimum atomic E-state index is -0.880. The zero-order chi connectivity index (χ0) is 5.21. The molecule has 0 saturated carbocycles. The molecule has 0 aliphatic carbocycles. The van der Waals surface area contributed by atoms with Gasteiger partial charge in [0.25, 0.3) is 0 Å². The Labute approximate surface area is 50.4 Å². The fraction of sp³-hybridized carbons (Fsp3) is 1.00. The molecule has 38 valence electrons. The van der Waals surface area contributed by atoms with Crippen LogP contribution in [0.2, 0.25) is 0 Å². The molecule has 0 rings (SSSR count). The lowest BCUT2D eigenvalue weighted by atomic mass is 10.5. The summed E-state index contributed by atoms with van der Waals surface area (Å²) < 4.78 is -0.880. The molecule has 0 spiro atoms. The Kier molecular flexibility index (Phi) is 2.41. The molecule has 1 nitrogen and oxygen atoms in total. The van der Waals surface area contributed by atoms with Crippen LogP contribution < -0.4 is 0 Å². The molecule has 3 heteroatoms. The summed E-state index contributed by atoms with van der Waals surface area (Å²) in [6.45, 7) is 1.58. The summed E-state index contributed by atoms with van der Waals surface area (Å²) in [6, 6.07) is 0. The second-order valence-corrected chi connectivity index (χ2v) is 3.25. The van der Waals surface area contributed by atoms with Crippen LogP contribution in [0.25, 0.3) is 0 Å². The van der Waals surface area contributed by atoms with Crippen LogP contribution >= 0.6 is 27.5 Å². The van der Waals surface area contributed by atoms with Crippen LogP contribution in [0.4, 0.5) is 0 Å². The van der Waals surface area contributed by atoms with Crippen molar-refractivity contribution in [3.05, 3.63) is 0 Å². The molecule has 0 saturated heterocycles. The maximum Gasteiger partial charge on any atom is 0.130 e. The Hall–Kier alpha value is 0.730. The van der Waals surface area contributed by atoms with Gasteiger partial charge in [0.1, 0.15) is 4.51 Å². The van der Waals surface area contributed by atoms with E-state index in [1.54, 1.807) is 6.92 Å². The second kappa shape index (κ2) is 2.15. The van der Waals surface area contributed by atoms with Gasteiger partial charge in [-0.1, -0.05) is 15.9 Å². The molecule has 1 unspecified atom stereocenters. The maximum atomic E-state index is 8.61. The lowest BCUT2D eigenvalue weighted by molar-refractivity contribution is 0.190. The number of aliphatic hydroxyl groups is 1. The Balaban J connectivity index is 3.17. The topological polar surface area (TPSA) is 20.2 Å². The van der Waals surface area contributed by atoms with Gasteiger partial charge in [-0.05, 0) is 6.92 Å². The van der Waals surface area contributed by atoms with Crippen molar-refractivity contribution < 1.29 is 5.11 Å². The first-order chi connectivity index (χ1) is 2.56. The predicted octanol–water partition coefficient (Wildman–Crippen LogP) is 1.33. The lowest BCUT2D eigenvalue weighted by Gasteiger charge is -2.07. The molecule has 0 fully saturated rings. The fourth-order valence-corrected chi connectivity index (χ4v) is 0. The van der Waals surface area contributed by atoms with Crippen molar-refractivity contribution in [2.75, 3.05) is 5.88 Å². The number of alkyl halides is 2. The van der Waals surface area contributed by atoms with Crippen LogP contribution in [0.1, 0.15) is 6.92 Å². The normalized spacial score (nSPS) is 20.0. The average molecular weight is 173 g/mol. The summed E-state index contributed by atoms with van der Waals surface area (Å²) in [4.78, 5) is 0. The van der Waals surface area contributed by atoms with Gasteiger partial charge in [0.2, 0.25) is 0 Å². The monoisotopic (exact) mass is 172 g/mol. The molecule has 0 aromatic carbocycles. The van der Waals surface area contributed by atoms with Gasteiger partial charge in [-0.3, -0.25) is 0 Å². The molecule has 0 aliphatic rings. The Morgan fingerprint density at radius 3 is 2.17 bits per heavy atom. The zero-order valence-electron chi connectivity index (χ0n) is 3.41. The van der Waals surface area contributed by atoms with Crippen LogP contribution in [0, 0.1) is 0 Å². The Bertz CT molecular complexity index is 40.5. The molecule has 1 atom stereocenters. The molecular formula is C3H6BrClO. The van der Waals surface area contributed by atoms with Crippen LogP contribution in [0.5, 0.6) is 0 Å². The van der Waals surface area contributed by atoms with E-state index in [-0.39, 0.29) is 5.88 Å². The van der Waals surface area contributed by atoms with E-state index < -0.39 is 4.51 Å². The molecule has 0 radical (unpaired) electrons. The van der Waals surface area contributed by atoms with Gasteiger partial charge >= 0.3 is 0 Å². The van der Waals surface area contributed by atoms with E-state index in [1.165, 1.54) is 0 Å². The van der Waals surface area contributed by atoms with Gasteiger partial charge in [0.05, 0.1) is 5.88 Å². The SMILES string of the molecule is CC(O)(Br)CCl. The van der Waals surface area contributed by atoms with Gasteiger partial charge in [-0.2, -0.15) is 0 Å². The summed E-state index contributed by atoms with van der Waals surface area (Å²) in [5.74, 6) is 0.215. The van der Waals surface area contributed by atoms with E-state index >= 15 is 0 Å². The van der Waals surface area contributed by atoms with Crippen molar-refractivity contribution in [3.63, 3.8) is 0 Å². The highest BCUT2D eigenvalue weighted by Gasteiger charge is 2.10. The highest BCUT2D eigenvalue weighted by Crippen LogP contribution is 2.12. The molecular weight excluding hydrogens is 167 g/mol. The quantitative estimate of drug-likeness (QED) is 0.593. The molecule has 6 heavy (non-hydrogen) atoms. The third-order valence-electron chi connectivity index (χ3n) is 0.244. The van der Waals surface area contributed by atoms with E-state index in [2.05, 4.69) is 15.9 Å². The zero-order valence-corrected chi connectivity index (χ0v) is 5.75. The fourth-order valence-electron chi connectivity index (χ4n) is 0. The predicted molar refractivity (Wildman–Crippen MR) is 30.3 cm³/mol. The molecule has 1 N–H and O–H groups in total. The van der Waals surface area contributed by atoms with Crippen molar-refractivity contribution in [2.45, 2.75) is 11.4 Å². The first kappa shape index (κ1) is 6.73. The molecule has 0 aliphatic heterocycles. The van der Waals surface area contributed by atoms with Gasteiger partial charge in [0.15, 0.2) is 0 Å². The van der Waals surface area contributed by atoms with E-state index in [9.17, 15) is 0 Å². The molecule has 0 bridgehead atoms. The maximum absolute atomic E-state index is 8.61. The molecule has 0 aromatic rings. The summed E-state index contributed by atoms with van der Waals surface area (Å²) in [5, 5.41) is 8.61. The van der Waals surface area contributed by atoms with Crippen LogP contribution in [0.15, 0.2) is 0 Å². The first-order valence-corrected chi connectivity index (χ1v) is 2.86. The number of halogens is 2. The van der Waals surface area contributed by atoms with Crippen molar-refractivity contribution in [2.24, 2.45) is 0 Å². The summed E-state index contributed by atoms with van der Waals surface area (Å²) in [7, 11) is 0. The Morgan fingerprint density at radius 2 is 2.17 bits per heavy atom. The Morgan fingerprint density at radius 1 is 2.00 bits per heavy atom.